The molecule has 2 aliphatic heterocycles. The number of ether oxygens (including phenoxy) is 2. The van der Waals surface area contributed by atoms with Crippen LogP contribution in [0.15, 0.2) is 41.3 Å². The molecule has 2 saturated heterocycles. The van der Waals surface area contributed by atoms with Crippen molar-refractivity contribution in [3.8, 4) is 17.6 Å². The summed E-state index contributed by atoms with van der Waals surface area (Å²) in [7, 11) is -3.99. The first-order valence-corrected chi connectivity index (χ1v) is 13.3. The van der Waals surface area contributed by atoms with Gasteiger partial charge in [-0.05, 0) is 49.2 Å². The minimum Gasteiger partial charge on any atom is -0.456 e. The molecule has 9 nitrogen and oxygen atoms in total. The Morgan fingerprint density at radius 3 is 2.34 bits per heavy atom. The van der Waals surface area contributed by atoms with Gasteiger partial charge in [0.25, 0.3) is 0 Å². The van der Waals surface area contributed by atoms with E-state index in [2.05, 4.69) is 5.32 Å². The Hall–Kier alpha value is -2.55. The van der Waals surface area contributed by atoms with E-state index in [0.29, 0.717) is 49.2 Å². The second kappa shape index (κ2) is 11.0. The van der Waals surface area contributed by atoms with Gasteiger partial charge in [-0.25, -0.2) is 13.2 Å². The van der Waals surface area contributed by atoms with Gasteiger partial charge in [0.1, 0.15) is 16.4 Å². The minimum atomic E-state index is -3.99. The molecular weight excluding hydrogens is 515 g/mol. The van der Waals surface area contributed by atoms with E-state index in [4.69, 9.17) is 32.7 Å². The van der Waals surface area contributed by atoms with E-state index in [1.807, 2.05) is 6.07 Å². The van der Waals surface area contributed by atoms with E-state index in [-0.39, 0.29) is 47.1 Å². The molecule has 0 spiro atoms. The van der Waals surface area contributed by atoms with Crippen LogP contribution in [0.3, 0.4) is 0 Å². The van der Waals surface area contributed by atoms with Crippen molar-refractivity contribution in [1.82, 2.24) is 14.5 Å². The van der Waals surface area contributed by atoms with Crippen LogP contribution in [0.4, 0.5) is 4.79 Å². The number of carbonyl (C=O) groups is 1. The number of urea groups is 1. The highest BCUT2D eigenvalue weighted by atomic mass is 35.5. The molecule has 0 atom stereocenters. The smallest absolute Gasteiger partial charge is 0.317 e. The molecule has 0 unspecified atom stereocenters. The fourth-order valence-corrected chi connectivity index (χ4v) is 6.11. The van der Waals surface area contributed by atoms with Gasteiger partial charge in [-0.3, -0.25) is 0 Å². The largest absolute Gasteiger partial charge is 0.456 e. The predicted molar refractivity (Wildman–Crippen MR) is 130 cm³/mol. The molecule has 2 fully saturated rings. The maximum Gasteiger partial charge on any atom is 0.317 e. The first-order chi connectivity index (χ1) is 16.8. The summed E-state index contributed by atoms with van der Waals surface area (Å²) in [6.07, 6.45) is 0.931. The molecule has 186 valence electrons. The Morgan fingerprint density at radius 2 is 1.71 bits per heavy atom. The van der Waals surface area contributed by atoms with Crippen molar-refractivity contribution in [2.24, 2.45) is 0 Å². The average Bonchev–Trinajstić information content (AvgIpc) is 2.84. The predicted octanol–water partition coefficient (Wildman–Crippen LogP) is 3.85. The third kappa shape index (κ3) is 6.18. The normalized spacial score (nSPS) is 17.6. The Morgan fingerprint density at radius 1 is 1.06 bits per heavy atom. The van der Waals surface area contributed by atoms with E-state index < -0.39 is 10.0 Å². The molecule has 12 heteroatoms. The van der Waals surface area contributed by atoms with Gasteiger partial charge in [-0.2, -0.15) is 9.57 Å². The zero-order chi connectivity index (χ0) is 25.0. The number of nitrogens with one attached hydrogen (secondary N) is 1. The molecule has 1 N–H and O–H groups in total. The zero-order valence-corrected chi connectivity index (χ0v) is 21.1. The highest BCUT2D eigenvalue weighted by Gasteiger charge is 2.33. The van der Waals surface area contributed by atoms with Crippen LogP contribution in [-0.2, 0) is 14.8 Å². The number of sulfonamides is 1. The Kier molecular flexibility index (Phi) is 8.04. The van der Waals surface area contributed by atoms with Crippen LogP contribution >= 0.6 is 23.2 Å². The number of hydrogen-bond acceptors (Lipinski definition) is 6. The SMILES string of the molecule is N#Cc1ccc(Oc2cc(Cl)cc(Cl)c2)c(S(=O)(=O)N2CCC(NC(=O)N3CCOCC3)CC2)c1. The Labute approximate surface area is 214 Å². The number of carbonyl (C=O) groups excluding carboxylic acids is 1. The lowest BCUT2D eigenvalue weighted by atomic mass is 10.1. The number of piperidine rings is 1. The van der Waals surface area contributed by atoms with Gasteiger partial charge in [0.2, 0.25) is 10.0 Å². The third-order valence-corrected chi connectivity index (χ3v) is 8.19. The number of nitrogens with zero attached hydrogens (tertiary/aromatic N) is 3. The maximum atomic E-state index is 13.6. The van der Waals surface area contributed by atoms with Crippen LogP contribution in [0, 0.1) is 11.3 Å². The Balaban J connectivity index is 1.49. The van der Waals surface area contributed by atoms with Crippen molar-refractivity contribution < 1.29 is 22.7 Å². The number of morpholine rings is 1. The molecule has 0 bridgehead atoms. The quantitative estimate of drug-likeness (QED) is 0.618. The van der Waals surface area contributed by atoms with Crippen LogP contribution < -0.4 is 10.1 Å². The number of benzene rings is 2. The van der Waals surface area contributed by atoms with E-state index in [1.54, 1.807) is 4.90 Å². The van der Waals surface area contributed by atoms with Crippen molar-refractivity contribution in [2.75, 3.05) is 39.4 Å². The number of halogens is 2. The molecular formula is C23H24Cl2N4O5S. The molecule has 35 heavy (non-hydrogen) atoms. The van der Waals surface area contributed by atoms with E-state index in [1.165, 1.54) is 40.7 Å². The topological polar surface area (TPSA) is 112 Å². The van der Waals surface area contributed by atoms with Gasteiger partial charge in [0, 0.05) is 42.3 Å². The van der Waals surface area contributed by atoms with Crippen LogP contribution in [0.25, 0.3) is 0 Å². The van der Waals surface area contributed by atoms with Crippen molar-refractivity contribution >= 4 is 39.3 Å². The molecule has 0 radical (unpaired) electrons. The lowest BCUT2D eigenvalue weighted by Gasteiger charge is -2.34. The summed E-state index contributed by atoms with van der Waals surface area (Å²) in [6, 6.07) is 10.5. The summed E-state index contributed by atoms with van der Waals surface area (Å²) in [6.45, 7) is 2.53. The van der Waals surface area contributed by atoms with Crippen LogP contribution in [-0.4, -0.2) is 69.1 Å². The second-order valence-corrected chi connectivity index (χ2v) is 11.0. The lowest BCUT2D eigenvalue weighted by molar-refractivity contribution is 0.0520. The van der Waals surface area contributed by atoms with E-state index in [9.17, 15) is 18.5 Å². The van der Waals surface area contributed by atoms with E-state index in [0.717, 1.165) is 0 Å². The monoisotopic (exact) mass is 538 g/mol. The van der Waals surface area contributed by atoms with Crippen molar-refractivity contribution in [2.45, 2.75) is 23.8 Å². The first-order valence-electron chi connectivity index (χ1n) is 11.1. The van der Waals surface area contributed by atoms with Gasteiger partial charge in [-0.1, -0.05) is 23.2 Å². The number of amides is 2. The maximum absolute atomic E-state index is 13.6. The molecule has 4 rings (SSSR count). The van der Waals surface area contributed by atoms with Crippen molar-refractivity contribution in [1.29, 1.82) is 5.26 Å². The molecule has 2 aliphatic rings. The van der Waals surface area contributed by atoms with Crippen LogP contribution in [0.5, 0.6) is 11.5 Å². The standard InChI is InChI=1S/C23H24Cl2N4O5S/c24-17-12-18(25)14-20(13-17)34-21-2-1-16(15-26)11-22(21)35(31,32)29-5-3-19(4-6-29)27-23(30)28-7-9-33-10-8-28/h1-2,11-14,19H,3-10H2,(H,27,30). The molecule has 2 aromatic rings. The summed E-state index contributed by atoms with van der Waals surface area (Å²) in [5, 5.41) is 13.0. The number of rotatable bonds is 5. The number of hydrogen-bond donors (Lipinski definition) is 1. The van der Waals surface area contributed by atoms with E-state index >= 15 is 0 Å². The lowest BCUT2D eigenvalue weighted by Crippen LogP contribution is -2.52. The summed E-state index contributed by atoms with van der Waals surface area (Å²) >= 11 is 12.1. The van der Waals surface area contributed by atoms with Gasteiger partial charge >= 0.3 is 6.03 Å². The van der Waals surface area contributed by atoms with Gasteiger partial charge in [-0.15, -0.1) is 0 Å². The molecule has 2 aromatic carbocycles. The first kappa shape index (κ1) is 25.5. The Bertz CT molecular complexity index is 1220. The highest BCUT2D eigenvalue weighted by molar-refractivity contribution is 7.89. The van der Waals surface area contributed by atoms with Gasteiger partial charge in [0.05, 0.1) is 24.8 Å². The summed E-state index contributed by atoms with van der Waals surface area (Å²) in [5.41, 5.74) is 0.188. The van der Waals surface area contributed by atoms with Gasteiger partial charge in [0.15, 0.2) is 0 Å². The molecule has 0 aromatic heterocycles. The summed E-state index contributed by atoms with van der Waals surface area (Å²) < 4.78 is 39.6. The molecule has 0 saturated carbocycles. The second-order valence-electron chi connectivity index (χ2n) is 8.21. The number of nitriles is 1. The fraction of sp³-hybridized carbons (Fsp3) is 0.391. The fourth-order valence-electron chi connectivity index (χ4n) is 3.99. The average molecular weight is 539 g/mol. The van der Waals surface area contributed by atoms with Crippen LogP contribution in [0.2, 0.25) is 10.0 Å². The summed E-state index contributed by atoms with van der Waals surface area (Å²) in [4.78, 5) is 14.0. The summed E-state index contributed by atoms with van der Waals surface area (Å²) in [5.74, 6) is 0.332. The molecule has 0 aliphatic carbocycles. The zero-order valence-electron chi connectivity index (χ0n) is 18.7. The minimum absolute atomic E-state index is 0.0603. The molecule has 2 heterocycles. The van der Waals surface area contributed by atoms with Crippen LogP contribution in [0.1, 0.15) is 18.4 Å². The van der Waals surface area contributed by atoms with Gasteiger partial charge < -0.3 is 19.7 Å². The third-order valence-electron chi connectivity index (χ3n) is 5.83. The molecule has 2 amide bonds. The highest BCUT2D eigenvalue weighted by Crippen LogP contribution is 2.35. The van der Waals surface area contributed by atoms with Crippen molar-refractivity contribution in [3.05, 3.63) is 52.0 Å². The van der Waals surface area contributed by atoms with Crippen molar-refractivity contribution in [3.63, 3.8) is 0 Å².